The van der Waals surface area contributed by atoms with Gasteiger partial charge < -0.3 is 19.9 Å². The number of aliphatic hydroxyl groups is 1. The summed E-state index contributed by atoms with van der Waals surface area (Å²) in [6.07, 6.45) is -4.74. The summed E-state index contributed by atoms with van der Waals surface area (Å²) in [6, 6.07) is 13.6. The van der Waals surface area contributed by atoms with Crippen molar-refractivity contribution in [3.8, 4) is 34.3 Å². The van der Waals surface area contributed by atoms with Crippen LogP contribution in [-0.2, 0) is 16.6 Å². The number of halogens is 3. The zero-order chi connectivity index (χ0) is 23.8. The fraction of sp³-hybridized carbons (Fsp3) is 0.182. The van der Waals surface area contributed by atoms with E-state index in [-0.39, 0.29) is 23.4 Å². The van der Waals surface area contributed by atoms with Crippen LogP contribution in [0.3, 0.4) is 0 Å². The molecule has 1 amide bonds. The van der Waals surface area contributed by atoms with Crippen LogP contribution in [0.15, 0.2) is 63.6 Å². The van der Waals surface area contributed by atoms with E-state index < -0.39 is 40.6 Å². The third-order valence-corrected chi connectivity index (χ3v) is 5.18. The first-order valence-corrected chi connectivity index (χ1v) is 9.74. The third-order valence-electron chi connectivity index (χ3n) is 5.18. The summed E-state index contributed by atoms with van der Waals surface area (Å²) in [4.78, 5) is 15.6. The van der Waals surface area contributed by atoms with E-state index >= 15 is 0 Å². The highest BCUT2D eigenvalue weighted by molar-refractivity contribution is 5.84. The van der Waals surface area contributed by atoms with Crippen LogP contribution in [0, 0.1) is 0 Å². The molecule has 4 aromatic rings. The summed E-state index contributed by atoms with van der Waals surface area (Å²) in [6.45, 7) is 1.60. The molecule has 0 saturated carbocycles. The Morgan fingerprint density at radius 1 is 1.00 bits per heavy atom. The summed E-state index contributed by atoms with van der Waals surface area (Å²) >= 11 is 0. The van der Waals surface area contributed by atoms with Gasteiger partial charge in [0, 0.05) is 11.1 Å². The van der Waals surface area contributed by atoms with E-state index in [1.165, 1.54) is 36.4 Å². The Hall–Kier alpha value is -3.99. The average molecular weight is 458 g/mol. The van der Waals surface area contributed by atoms with Gasteiger partial charge in [0.15, 0.2) is 5.60 Å². The molecule has 0 aliphatic heterocycles. The molecule has 33 heavy (non-hydrogen) atoms. The van der Waals surface area contributed by atoms with Crippen LogP contribution in [0.25, 0.3) is 34.3 Å². The number of nitrogens with two attached hydrogens (primary N) is 1. The number of amides is 1. The summed E-state index contributed by atoms with van der Waals surface area (Å²) < 4.78 is 51.5. The molecule has 4 rings (SSSR count). The summed E-state index contributed by atoms with van der Waals surface area (Å²) in [5.41, 5.74) is 2.75. The lowest BCUT2D eigenvalue weighted by Gasteiger charge is -2.23. The van der Waals surface area contributed by atoms with E-state index in [1.54, 1.807) is 25.1 Å². The molecule has 2 heterocycles. The lowest BCUT2D eigenvalue weighted by atomic mass is 9.90. The first kappa shape index (κ1) is 22.2. The standard InChI is InChI=1S/C22H17F3N4O4/c1-2-21(31,20(26)30)14-10-8-13(9-11-14)18-27-19(33-29-18)17-15(22(23,24)25)16(28-32-17)12-6-4-3-5-7-12/h3-11,31H,2H2,1H3,(H2,26,30). The Labute approximate surface area is 184 Å². The van der Waals surface area contributed by atoms with E-state index in [2.05, 4.69) is 15.3 Å². The van der Waals surface area contributed by atoms with E-state index in [9.17, 15) is 23.1 Å². The average Bonchev–Trinajstić information content (AvgIpc) is 3.46. The van der Waals surface area contributed by atoms with Gasteiger partial charge in [-0.05, 0) is 12.0 Å². The minimum atomic E-state index is -4.80. The molecule has 0 radical (unpaired) electrons. The number of carbonyl (C=O) groups is 1. The van der Waals surface area contributed by atoms with Crippen molar-refractivity contribution in [1.82, 2.24) is 15.3 Å². The molecule has 0 aliphatic rings. The highest BCUT2D eigenvalue weighted by Gasteiger charge is 2.43. The van der Waals surface area contributed by atoms with Crippen LogP contribution in [0.5, 0.6) is 0 Å². The Morgan fingerprint density at radius 3 is 2.24 bits per heavy atom. The van der Waals surface area contributed by atoms with Gasteiger partial charge >= 0.3 is 6.18 Å². The van der Waals surface area contributed by atoms with Gasteiger partial charge in [-0.25, -0.2) is 0 Å². The number of hydrogen-bond donors (Lipinski definition) is 2. The van der Waals surface area contributed by atoms with Crippen molar-refractivity contribution in [2.75, 3.05) is 0 Å². The highest BCUT2D eigenvalue weighted by Crippen LogP contribution is 2.43. The number of aromatic nitrogens is 3. The van der Waals surface area contributed by atoms with Gasteiger partial charge in [-0.3, -0.25) is 4.79 Å². The van der Waals surface area contributed by atoms with Crippen molar-refractivity contribution < 1.29 is 32.1 Å². The van der Waals surface area contributed by atoms with Crippen LogP contribution >= 0.6 is 0 Å². The van der Waals surface area contributed by atoms with Crippen LogP contribution in [0.4, 0.5) is 13.2 Å². The summed E-state index contributed by atoms with van der Waals surface area (Å²) in [5.74, 6) is -2.13. The fourth-order valence-corrected chi connectivity index (χ4v) is 3.34. The van der Waals surface area contributed by atoms with Crippen LogP contribution in [0.2, 0.25) is 0 Å². The number of nitrogens with zero attached hydrogens (tertiary/aromatic N) is 3. The van der Waals surface area contributed by atoms with Crippen molar-refractivity contribution in [2.24, 2.45) is 5.73 Å². The normalized spacial score (nSPS) is 13.6. The Morgan fingerprint density at radius 2 is 1.67 bits per heavy atom. The van der Waals surface area contributed by atoms with Crippen LogP contribution in [0.1, 0.15) is 24.5 Å². The molecule has 0 saturated heterocycles. The van der Waals surface area contributed by atoms with Crippen molar-refractivity contribution in [1.29, 1.82) is 0 Å². The molecule has 8 nitrogen and oxygen atoms in total. The highest BCUT2D eigenvalue weighted by atomic mass is 19.4. The molecule has 1 unspecified atom stereocenters. The molecule has 1 atom stereocenters. The molecule has 2 aromatic heterocycles. The molecule has 2 aromatic carbocycles. The first-order valence-electron chi connectivity index (χ1n) is 9.74. The molecule has 0 spiro atoms. The second-order valence-corrected chi connectivity index (χ2v) is 7.18. The van der Waals surface area contributed by atoms with Gasteiger partial charge in [-0.15, -0.1) is 0 Å². The number of alkyl halides is 3. The Bertz CT molecular complexity index is 1280. The SMILES string of the molecule is CCC(O)(C(N)=O)c1ccc(-c2noc(-c3onc(-c4ccccc4)c3C(F)(F)F)n2)cc1. The second kappa shape index (κ2) is 8.17. The Balaban J connectivity index is 1.71. The summed E-state index contributed by atoms with van der Waals surface area (Å²) in [7, 11) is 0. The number of benzene rings is 2. The predicted octanol–water partition coefficient (Wildman–Crippen LogP) is 4.16. The quantitative estimate of drug-likeness (QED) is 0.444. The van der Waals surface area contributed by atoms with Gasteiger partial charge in [-0.1, -0.05) is 71.8 Å². The van der Waals surface area contributed by atoms with Gasteiger partial charge in [0.2, 0.25) is 11.6 Å². The van der Waals surface area contributed by atoms with Crippen molar-refractivity contribution in [3.05, 3.63) is 65.7 Å². The van der Waals surface area contributed by atoms with Gasteiger partial charge in [0.1, 0.15) is 11.3 Å². The second-order valence-electron chi connectivity index (χ2n) is 7.18. The predicted molar refractivity (Wildman–Crippen MR) is 109 cm³/mol. The van der Waals surface area contributed by atoms with Crippen LogP contribution in [-0.4, -0.2) is 26.3 Å². The van der Waals surface area contributed by atoms with Gasteiger partial charge in [-0.2, -0.15) is 18.2 Å². The lowest BCUT2D eigenvalue weighted by molar-refractivity contribution is -0.138. The van der Waals surface area contributed by atoms with Crippen molar-refractivity contribution in [3.63, 3.8) is 0 Å². The third kappa shape index (κ3) is 3.98. The monoisotopic (exact) mass is 458 g/mol. The molecular formula is C22H17F3N4O4. The zero-order valence-electron chi connectivity index (χ0n) is 17.1. The molecule has 3 N–H and O–H groups in total. The molecule has 0 aliphatic carbocycles. The molecule has 11 heteroatoms. The largest absolute Gasteiger partial charge is 0.422 e. The number of carbonyl (C=O) groups excluding carboxylic acids is 1. The van der Waals surface area contributed by atoms with Gasteiger partial charge in [0.25, 0.3) is 11.8 Å². The molecular weight excluding hydrogens is 441 g/mol. The number of primary amides is 1. The maximum absolute atomic E-state index is 13.8. The maximum atomic E-state index is 13.8. The van der Waals surface area contributed by atoms with E-state index in [4.69, 9.17) is 14.8 Å². The van der Waals surface area contributed by atoms with Gasteiger partial charge in [0.05, 0.1) is 0 Å². The number of rotatable bonds is 6. The zero-order valence-corrected chi connectivity index (χ0v) is 17.1. The van der Waals surface area contributed by atoms with E-state index in [1.807, 2.05) is 0 Å². The van der Waals surface area contributed by atoms with E-state index in [0.717, 1.165) is 0 Å². The molecule has 170 valence electrons. The van der Waals surface area contributed by atoms with Crippen LogP contribution < -0.4 is 5.73 Å². The maximum Gasteiger partial charge on any atom is 0.422 e. The lowest BCUT2D eigenvalue weighted by Crippen LogP contribution is -2.40. The first-order chi connectivity index (χ1) is 15.6. The fourth-order valence-electron chi connectivity index (χ4n) is 3.34. The van der Waals surface area contributed by atoms with Crippen molar-refractivity contribution >= 4 is 5.91 Å². The molecule has 0 bridgehead atoms. The number of hydrogen-bond acceptors (Lipinski definition) is 7. The minimum absolute atomic E-state index is 0.0264. The minimum Gasteiger partial charge on any atom is -0.375 e. The van der Waals surface area contributed by atoms with E-state index in [0.29, 0.717) is 5.56 Å². The molecule has 0 fully saturated rings. The Kier molecular flexibility index (Phi) is 5.50. The summed E-state index contributed by atoms with van der Waals surface area (Å²) in [5, 5.41) is 17.7. The topological polar surface area (TPSA) is 128 Å². The van der Waals surface area contributed by atoms with Crippen molar-refractivity contribution in [2.45, 2.75) is 25.1 Å². The smallest absolute Gasteiger partial charge is 0.375 e.